The molecule has 0 heterocycles. The van der Waals surface area contributed by atoms with Gasteiger partial charge in [-0.25, -0.2) is 9.18 Å². The Balaban J connectivity index is 1.90. The van der Waals surface area contributed by atoms with E-state index in [1.165, 1.54) is 6.07 Å². The number of amides is 1. The van der Waals surface area contributed by atoms with Gasteiger partial charge in [0.25, 0.3) is 0 Å². The van der Waals surface area contributed by atoms with Crippen molar-refractivity contribution in [1.29, 1.82) is 0 Å². The standard InChI is InChI=1S/C20H22FNO4/c1-14(17-5-3-4-6-18(17)21)11-19(23)22(2)12-15-7-9-16(10-8-15)26-13-20(24)25/h3-10,14H,11-13H2,1-2H3,(H,24,25). The van der Waals surface area contributed by atoms with Crippen molar-refractivity contribution in [2.45, 2.75) is 25.8 Å². The number of carbonyl (C=O) groups is 2. The molecule has 0 aromatic heterocycles. The summed E-state index contributed by atoms with van der Waals surface area (Å²) in [5.41, 5.74) is 1.43. The van der Waals surface area contributed by atoms with Crippen LogP contribution in [0.15, 0.2) is 48.5 Å². The van der Waals surface area contributed by atoms with Gasteiger partial charge in [0.2, 0.25) is 5.91 Å². The van der Waals surface area contributed by atoms with E-state index in [9.17, 15) is 14.0 Å². The molecule has 1 atom stereocenters. The zero-order chi connectivity index (χ0) is 19.1. The number of carboxylic acids is 1. The molecular formula is C20H22FNO4. The second-order valence-corrected chi connectivity index (χ2v) is 6.20. The van der Waals surface area contributed by atoms with Crippen molar-refractivity contribution in [3.05, 3.63) is 65.5 Å². The first-order chi connectivity index (χ1) is 12.4. The summed E-state index contributed by atoms with van der Waals surface area (Å²) in [6.45, 7) is 1.84. The average molecular weight is 359 g/mol. The smallest absolute Gasteiger partial charge is 0.341 e. The minimum atomic E-state index is -1.04. The van der Waals surface area contributed by atoms with Gasteiger partial charge in [-0.2, -0.15) is 0 Å². The SMILES string of the molecule is CC(CC(=O)N(C)Cc1ccc(OCC(=O)O)cc1)c1ccccc1F. The van der Waals surface area contributed by atoms with Gasteiger partial charge in [-0.1, -0.05) is 37.3 Å². The number of halogens is 1. The molecule has 1 unspecified atom stereocenters. The van der Waals surface area contributed by atoms with Crippen LogP contribution in [0.3, 0.4) is 0 Å². The second-order valence-electron chi connectivity index (χ2n) is 6.20. The number of carboxylic acid groups (broad SMARTS) is 1. The largest absolute Gasteiger partial charge is 0.482 e. The molecule has 0 bridgehead atoms. The first-order valence-electron chi connectivity index (χ1n) is 8.28. The van der Waals surface area contributed by atoms with Gasteiger partial charge in [-0.15, -0.1) is 0 Å². The number of carbonyl (C=O) groups excluding carboxylic acids is 1. The molecular weight excluding hydrogens is 337 g/mol. The molecule has 2 rings (SSSR count). The van der Waals surface area contributed by atoms with Crippen LogP contribution in [0.2, 0.25) is 0 Å². The fourth-order valence-electron chi connectivity index (χ4n) is 2.60. The summed E-state index contributed by atoms with van der Waals surface area (Å²) in [6.07, 6.45) is 0.219. The maximum Gasteiger partial charge on any atom is 0.341 e. The number of hydrogen-bond donors (Lipinski definition) is 1. The summed E-state index contributed by atoms with van der Waals surface area (Å²) in [7, 11) is 1.70. The van der Waals surface area contributed by atoms with Crippen LogP contribution in [0.4, 0.5) is 4.39 Å². The minimum absolute atomic E-state index is 0.0769. The Morgan fingerprint density at radius 1 is 1.15 bits per heavy atom. The lowest BCUT2D eigenvalue weighted by atomic mass is 9.96. The maximum absolute atomic E-state index is 13.8. The lowest BCUT2D eigenvalue weighted by Crippen LogP contribution is -2.27. The van der Waals surface area contributed by atoms with Crippen LogP contribution in [0.25, 0.3) is 0 Å². The van der Waals surface area contributed by atoms with Gasteiger partial charge in [-0.05, 0) is 35.2 Å². The van der Waals surface area contributed by atoms with Crippen LogP contribution in [-0.4, -0.2) is 35.5 Å². The Hall–Kier alpha value is -2.89. The predicted molar refractivity (Wildman–Crippen MR) is 95.5 cm³/mol. The topological polar surface area (TPSA) is 66.8 Å². The Labute approximate surface area is 152 Å². The summed E-state index contributed by atoms with van der Waals surface area (Å²) < 4.78 is 18.9. The van der Waals surface area contributed by atoms with Crippen LogP contribution in [0.5, 0.6) is 5.75 Å². The average Bonchev–Trinajstić information content (AvgIpc) is 2.61. The van der Waals surface area contributed by atoms with Crippen molar-refractivity contribution < 1.29 is 23.8 Å². The monoisotopic (exact) mass is 359 g/mol. The van der Waals surface area contributed by atoms with Crippen molar-refractivity contribution in [2.24, 2.45) is 0 Å². The summed E-state index contributed by atoms with van der Waals surface area (Å²) in [5.74, 6) is -1.17. The number of hydrogen-bond acceptors (Lipinski definition) is 3. The highest BCUT2D eigenvalue weighted by molar-refractivity contribution is 5.76. The van der Waals surface area contributed by atoms with Crippen molar-refractivity contribution in [3.63, 3.8) is 0 Å². The van der Waals surface area contributed by atoms with Crippen molar-refractivity contribution >= 4 is 11.9 Å². The van der Waals surface area contributed by atoms with E-state index >= 15 is 0 Å². The van der Waals surface area contributed by atoms with E-state index in [0.717, 1.165) is 5.56 Å². The molecule has 5 nitrogen and oxygen atoms in total. The van der Waals surface area contributed by atoms with Crippen LogP contribution in [0, 0.1) is 5.82 Å². The zero-order valence-electron chi connectivity index (χ0n) is 14.8. The quantitative estimate of drug-likeness (QED) is 0.784. The van der Waals surface area contributed by atoms with Gasteiger partial charge < -0.3 is 14.7 Å². The molecule has 26 heavy (non-hydrogen) atoms. The molecule has 1 N–H and O–H groups in total. The summed E-state index contributed by atoms with van der Waals surface area (Å²) >= 11 is 0. The molecule has 0 aliphatic heterocycles. The normalized spacial score (nSPS) is 11.7. The first kappa shape index (κ1) is 19.4. The summed E-state index contributed by atoms with van der Waals surface area (Å²) in [6, 6.07) is 13.4. The van der Waals surface area contributed by atoms with E-state index in [4.69, 9.17) is 9.84 Å². The molecule has 0 saturated heterocycles. The molecule has 1 amide bonds. The number of rotatable bonds is 8. The molecule has 0 aliphatic carbocycles. The highest BCUT2D eigenvalue weighted by Gasteiger charge is 2.17. The highest BCUT2D eigenvalue weighted by Crippen LogP contribution is 2.23. The van der Waals surface area contributed by atoms with Gasteiger partial charge in [0.15, 0.2) is 6.61 Å². The summed E-state index contributed by atoms with van der Waals surface area (Å²) in [5, 5.41) is 8.59. The minimum Gasteiger partial charge on any atom is -0.482 e. The number of ether oxygens (including phenoxy) is 1. The third-order valence-electron chi connectivity index (χ3n) is 4.05. The van der Waals surface area contributed by atoms with Crippen LogP contribution >= 0.6 is 0 Å². The molecule has 2 aromatic rings. The van der Waals surface area contributed by atoms with E-state index in [0.29, 0.717) is 17.9 Å². The number of benzene rings is 2. The van der Waals surface area contributed by atoms with Gasteiger partial charge in [0.1, 0.15) is 11.6 Å². The highest BCUT2D eigenvalue weighted by atomic mass is 19.1. The van der Waals surface area contributed by atoms with E-state index in [1.807, 2.05) is 6.92 Å². The van der Waals surface area contributed by atoms with Crippen LogP contribution < -0.4 is 4.74 Å². The van der Waals surface area contributed by atoms with Crippen LogP contribution in [-0.2, 0) is 16.1 Å². The van der Waals surface area contributed by atoms with Crippen molar-refractivity contribution in [2.75, 3.05) is 13.7 Å². The van der Waals surface area contributed by atoms with E-state index in [2.05, 4.69) is 0 Å². The van der Waals surface area contributed by atoms with E-state index in [1.54, 1.807) is 54.4 Å². The summed E-state index contributed by atoms with van der Waals surface area (Å²) in [4.78, 5) is 24.5. The molecule has 0 radical (unpaired) electrons. The Morgan fingerprint density at radius 2 is 1.81 bits per heavy atom. The molecule has 0 spiro atoms. The lowest BCUT2D eigenvalue weighted by Gasteiger charge is -2.20. The molecule has 0 saturated carbocycles. The molecule has 138 valence electrons. The predicted octanol–water partition coefficient (Wildman–Crippen LogP) is 3.44. The maximum atomic E-state index is 13.8. The third kappa shape index (κ3) is 5.58. The first-order valence-corrected chi connectivity index (χ1v) is 8.28. The van der Waals surface area contributed by atoms with Crippen molar-refractivity contribution in [3.8, 4) is 5.75 Å². The van der Waals surface area contributed by atoms with Gasteiger partial charge in [0, 0.05) is 20.0 Å². The zero-order valence-corrected chi connectivity index (χ0v) is 14.8. The fraction of sp³-hybridized carbons (Fsp3) is 0.300. The molecule has 6 heteroatoms. The molecule has 2 aromatic carbocycles. The van der Waals surface area contributed by atoms with Gasteiger partial charge >= 0.3 is 5.97 Å². The Bertz CT molecular complexity index is 761. The molecule has 0 fully saturated rings. The fourth-order valence-corrected chi connectivity index (χ4v) is 2.60. The number of aliphatic carboxylic acids is 1. The molecule has 0 aliphatic rings. The van der Waals surface area contributed by atoms with E-state index < -0.39 is 12.6 Å². The van der Waals surface area contributed by atoms with Crippen LogP contribution in [0.1, 0.15) is 30.4 Å². The van der Waals surface area contributed by atoms with E-state index in [-0.39, 0.29) is 24.1 Å². The Morgan fingerprint density at radius 3 is 2.42 bits per heavy atom. The second kappa shape index (κ2) is 8.99. The number of nitrogens with zero attached hydrogens (tertiary/aromatic N) is 1. The van der Waals surface area contributed by atoms with Crippen molar-refractivity contribution in [1.82, 2.24) is 4.90 Å². The lowest BCUT2D eigenvalue weighted by molar-refractivity contribution is -0.139. The van der Waals surface area contributed by atoms with Gasteiger partial charge in [0.05, 0.1) is 0 Å². The third-order valence-corrected chi connectivity index (χ3v) is 4.05. The Kier molecular flexibility index (Phi) is 6.72. The van der Waals surface area contributed by atoms with Gasteiger partial charge in [-0.3, -0.25) is 4.79 Å².